The van der Waals surface area contributed by atoms with E-state index in [9.17, 15) is 9.18 Å². The lowest BCUT2D eigenvalue weighted by atomic mass is 10.1. The van der Waals surface area contributed by atoms with Crippen LogP contribution in [0.3, 0.4) is 0 Å². The number of ether oxygens (including phenoxy) is 1. The Hall–Kier alpha value is -2.40. The van der Waals surface area contributed by atoms with Crippen LogP contribution in [-0.2, 0) is 4.84 Å². The number of aromatic nitrogens is 1. The minimum Gasteiger partial charge on any atom is -0.492 e. The predicted molar refractivity (Wildman–Crippen MR) is 94.6 cm³/mol. The average Bonchev–Trinajstić information content (AvgIpc) is 2.61. The van der Waals surface area contributed by atoms with Crippen LogP contribution in [-0.4, -0.2) is 24.6 Å². The highest BCUT2D eigenvalue weighted by atomic mass is 35.5. The number of benzene rings is 1. The molecular formula is C17H14Cl2FN3O3. The molecule has 1 N–H and O–H groups in total. The summed E-state index contributed by atoms with van der Waals surface area (Å²) in [7, 11) is 1.30. The fourth-order valence-corrected chi connectivity index (χ4v) is 2.53. The molecule has 9 heteroatoms. The minimum atomic E-state index is -0.709. The van der Waals surface area contributed by atoms with Gasteiger partial charge in [0.05, 0.1) is 41.9 Å². The average molecular weight is 398 g/mol. The van der Waals surface area contributed by atoms with Gasteiger partial charge in [-0.3, -0.25) is 9.63 Å². The van der Waals surface area contributed by atoms with Crippen LogP contribution in [0.2, 0.25) is 10.0 Å². The number of pyridine rings is 1. The highest BCUT2D eigenvalue weighted by molar-refractivity contribution is 6.34. The summed E-state index contributed by atoms with van der Waals surface area (Å²) >= 11 is 12.0. The third-order valence-electron chi connectivity index (χ3n) is 3.36. The zero-order valence-electron chi connectivity index (χ0n) is 13.9. The second-order valence-electron chi connectivity index (χ2n) is 5.12. The molecule has 0 saturated heterocycles. The number of amides is 1. The maximum atomic E-state index is 14.6. The van der Waals surface area contributed by atoms with Crippen LogP contribution in [0.1, 0.15) is 22.5 Å². The number of carbonyl (C=O) groups is 1. The summed E-state index contributed by atoms with van der Waals surface area (Å²) in [6, 6.07) is 6.31. The van der Waals surface area contributed by atoms with Gasteiger partial charge in [0.2, 0.25) is 0 Å². The van der Waals surface area contributed by atoms with E-state index in [0.29, 0.717) is 5.56 Å². The Morgan fingerprint density at radius 2 is 2.15 bits per heavy atom. The molecule has 1 aromatic carbocycles. The summed E-state index contributed by atoms with van der Waals surface area (Å²) in [4.78, 5) is 21.2. The summed E-state index contributed by atoms with van der Waals surface area (Å²) in [5.74, 6) is -1.53. The van der Waals surface area contributed by atoms with Crippen molar-refractivity contribution in [1.29, 1.82) is 5.26 Å². The highest BCUT2D eigenvalue weighted by Crippen LogP contribution is 2.35. The van der Waals surface area contributed by atoms with E-state index in [0.717, 1.165) is 0 Å². The number of methoxy groups -OCH3 is 1. The van der Waals surface area contributed by atoms with E-state index in [4.69, 9.17) is 38.0 Å². The van der Waals surface area contributed by atoms with Crippen LogP contribution in [0, 0.1) is 24.1 Å². The van der Waals surface area contributed by atoms with Gasteiger partial charge in [0.15, 0.2) is 11.6 Å². The smallest absolute Gasteiger partial charge is 0.294 e. The normalized spacial score (nSPS) is 10.3. The Balaban J connectivity index is 2.42. The van der Waals surface area contributed by atoms with Crippen LogP contribution >= 0.6 is 23.2 Å². The van der Waals surface area contributed by atoms with Gasteiger partial charge in [-0.1, -0.05) is 23.2 Å². The molecule has 2 aromatic rings. The second kappa shape index (κ2) is 8.81. The molecule has 0 atom stereocenters. The number of aryl methyl sites for hydroxylation is 1. The van der Waals surface area contributed by atoms with Gasteiger partial charge in [-0.25, -0.2) is 14.9 Å². The summed E-state index contributed by atoms with van der Waals surface area (Å²) in [6.45, 7) is 1.67. The van der Waals surface area contributed by atoms with E-state index in [1.165, 1.54) is 19.2 Å². The molecule has 0 unspecified atom stereocenters. The fourth-order valence-electron chi connectivity index (χ4n) is 2.12. The van der Waals surface area contributed by atoms with Crippen LogP contribution < -0.4 is 10.2 Å². The maximum absolute atomic E-state index is 14.6. The second-order valence-corrected chi connectivity index (χ2v) is 5.90. The molecule has 0 aliphatic heterocycles. The first-order valence-electron chi connectivity index (χ1n) is 7.39. The van der Waals surface area contributed by atoms with E-state index in [1.807, 2.05) is 6.07 Å². The molecule has 1 heterocycles. The summed E-state index contributed by atoms with van der Waals surface area (Å²) < 4.78 is 19.6. The Morgan fingerprint density at radius 1 is 1.42 bits per heavy atom. The Morgan fingerprint density at radius 3 is 2.81 bits per heavy atom. The van der Waals surface area contributed by atoms with E-state index in [-0.39, 0.29) is 45.8 Å². The molecule has 0 saturated carbocycles. The minimum absolute atomic E-state index is 0.0154. The first-order valence-corrected chi connectivity index (χ1v) is 8.14. The summed E-state index contributed by atoms with van der Waals surface area (Å²) in [6.07, 6.45) is 0.107. The van der Waals surface area contributed by atoms with Gasteiger partial charge in [0.1, 0.15) is 5.69 Å². The van der Waals surface area contributed by atoms with Crippen molar-refractivity contribution < 1.29 is 18.8 Å². The van der Waals surface area contributed by atoms with Crippen molar-refractivity contribution in [2.24, 2.45) is 0 Å². The number of nitrogens with zero attached hydrogens (tertiary/aromatic N) is 2. The lowest BCUT2D eigenvalue weighted by molar-refractivity contribution is 0.0329. The van der Waals surface area contributed by atoms with Gasteiger partial charge in [0, 0.05) is 5.56 Å². The number of rotatable bonds is 6. The number of hydroxylamine groups is 1. The highest BCUT2D eigenvalue weighted by Gasteiger charge is 2.20. The van der Waals surface area contributed by atoms with Crippen molar-refractivity contribution >= 4 is 29.1 Å². The first-order chi connectivity index (χ1) is 12.4. The third-order valence-corrected chi connectivity index (χ3v) is 4.14. The third kappa shape index (κ3) is 4.22. The first kappa shape index (κ1) is 19.9. The maximum Gasteiger partial charge on any atom is 0.294 e. The van der Waals surface area contributed by atoms with Gasteiger partial charge in [-0.05, 0) is 30.7 Å². The Kier molecular flexibility index (Phi) is 6.75. The van der Waals surface area contributed by atoms with Crippen LogP contribution in [0.5, 0.6) is 5.75 Å². The Labute approximate surface area is 159 Å². The van der Waals surface area contributed by atoms with Crippen LogP contribution in [0.15, 0.2) is 18.2 Å². The summed E-state index contributed by atoms with van der Waals surface area (Å²) in [5.41, 5.74) is 2.82. The monoisotopic (exact) mass is 397 g/mol. The molecule has 0 aliphatic rings. The Bertz CT molecular complexity index is 885. The molecule has 0 spiro atoms. The summed E-state index contributed by atoms with van der Waals surface area (Å²) in [5, 5.41) is 8.67. The zero-order chi connectivity index (χ0) is 19.3. The lowest BCUT2D eigenvalue weighted by Crippen LogP contribution is -2.25. The largest absolute Gasteiger partial charge is 0.492 e. The standard InChI is InChI=1S/C17H14Cl2FN3O3/c1-9-8-12(10-4-5-11(18)16(25-2)14(10)20)22-15(13(9)19)17(24)23-26-7-3-6-21/h4-5,8H,3,7H2,1-2H3,(H,23,24). The molecule has 136 valence electrons. The van der Waals surface area contributed by atoms with E-state index in [1.54, 1.807) is 13.0 Å². The molecule has 0 fully saturated rings. The van der Waals surface area contributed by atoms with Crippen molar-refractivity contribution in [3.05, 3.63) is 45.3 Å². The molecular weight excluding hydrogens is 384 g/mol. The van der Waals surface area contributed by atoms with Crippen molar-refractivity contribution in [2.75, 3.05) is 13.7 Å². The molecule has 0 radical (unpaired) electrons. The van der Waals surface area contributed by atoms with Crippen LogP contribution in [0.4, 0.5) is 4.39 Å². The lowest BCUT2D eigenvalue weighted by Gasteiger charge is -2.12. The fraction of sp³-hybridized carbons (Fsp3) is 0.235. The zero-order valence-corrected chi connectivity index (χ0v) is 15.4. The SMILES string of the molecule is COc1c(Cl)ccc(-c2cc(C)c(Cl)c(C(=O)NOCCC#N)n2)c1F. The van der Waals surface area contributed by atoms with Crippen molar-refractivity contribution in [1.82, 2.24) is 10.5 Å². The quantitative estimate of drug-likeness (QED) is 0.586. The number of nitrogens with one attached hydrogen (secondary N) is 1. The molecule has 0 aliphatic carbocycles. The topological polar surface area (TPSA) is 84.2 Å². The number of nitriles is 1. The van der Waals surface area contributed by atoms with Gasteiger partial charge in [0.25, 0.3) is 5.91 Å². The van der Waals surface area contributed by atoms with E-state index in [2.05, 4.69) is 10.5 Å². The molecule has 2 rings (SSSR count). The molecule has 6 nitrogen and oxygen atoms in total. The van der Waals surface area contributed by atoms with Crippen LogP contribution in [0.25, 0.3) is 11.3 Å². The van der Waals surface area contributed by atoms with Gasteiger partial charge >= 0.3 is 0 Å². The molecule has 1 aromatic heterocycles. The number of carbonyl (C=O) groups excluding carboxylic acids is 1. The molecule has 26 heavy (non-hydrogen) atoms. The van der Waals surface area contributed by atoms with Gasteiger partial charge in [-0.15, -0.1) is 0 Å². The van der Waals surface area contributed by atoms with Gasteiger partial charge < -0.3 is 4.74 Å². The number of hydrogen-bond donors (Lipinski definition) is 1. The van der Waals surface area contributed by atoms with Crippen molar-refractivity contribution in [3.8, 4) is 23.1 Å². The van der Waals surface area contributed by atoms with E-state index < -0.39 is 11.7 Å². The number of halogens is 3. The van der Waals surface area contributed by atoms with E-state index >= 15 is 0 Å². The van der Waals surface area contributed by atoms with Crippen molar-refractivity contribution in [3.63, 3.8) is 0 Å². The molecule has 0 bridgehead atoms. The van der Waals surface area contributed by atoms with Crippen molar-refractivity contribution in [2.45, 2.75) is 13.3 Å². The molecule has 1 amide bonds. The van der Waals surface area contributed by atoms with Gasteiger partial charge in [-0.2, -0.15) is 5.26 Å². The number of hydrogen-bond acceptors (Lipinski definition) is 5. The predicted octanol–water partition coefficient (Wildman–Crippen LogP) is 4.09.